The van der Waals surface area contributed by atoms with Crippen LogP contribution in [0.15, 0.2) is 0 Å². The number of aliphatic hydroxyl groups is 2. The van der Waals surface area contributed by atoms with E-state index in [1.807, 2.05) is 6.92 Å². The van der Waals surface area contributed by atoms with Crippen LogP contribution in [0.3, 0.4) is 0 Å². The maximum absolute atomic E-state index is 9.24. The van der Waals surface area contributed by atoms with Crippen molar-refractivity contribution in [3.63, 3.8) is 0 Å². The maximum Gasteiger partial charge on any atom is 0.0952 e. The monoisotopic (exact) mass is 145 g/mol. The van der Waals surface area contributed by atoms with Crippen molar-refractivity contribution >= 4 is 0 Å². The minimum Gasteiger partial charge on any atom is -0.390 e. The van der Waals surface area contributed by atoms with Gasteiger partial charge in [-0.05, 0) is 18.8 Å². The molecule has 0 heterocycles. The van der Waals surface area contributed by atoms with Crippen molar-refractivity contribution in [2.45, 2.75) is 38.0 Å². The first-order chi connectivity index (χ1) is 4.63. The zero-order valence-electron chi connectivity index (χ0n) is 6.20. The smallest absolute Gasteiger partial charge is 0.0952 e. The van der Waals surface area contributed by atoms with E-state index >= 15 is 0 Å². The summed E-state index contributed by atoms with van der Waals surface area (Å²) in [5.41, 5.74) is 5.60. The van der Waals surface area contributed by atoms with Crippen LogP contribution in [0.1, 0.15) is 19.8 Å². The van der Waals surface area contributed by atoms with Crippen LogP contribution < -0.4 is 5.73 Å². The third kappa shape index (κ3) is 1.31. The molecule has 1 aliphatic rings. The summed E-state index contributed by atoms with van der Waals surface area (Å²) in [6.07, 6.45) is 0.269. The highest BCUT2D eigenvalue weighted by Gasteiger charge is 2.32. The van der Waals surface area contributed by atoms with Crippen LogP contribution in [0.5, 0.6) is 0 Å². The summed E-state index contributed by atoms with van der Waals surface area (Å²) >= 11 is 0. The Balaban J connectivity index is 2.52. The van der Waals surface area contributed by atoms with E-state index in [4.69, 9.17) is 10.8 Å². The van der Waals surface area contributed by atoms with Gasteiger partial charge in [-0.2, -0.15) is 0 Å². The number of aliphatic hydroxyl groups excluding tert-OH is 2. The molecule has 1 fully saturated rings. The molecule has 10 heavy (non-hydrogen) atoms. The Morgan fingerprint density at radius 3 is 2.40 bits per heavy atom. The molecule has 1 unspecified atom stereocenters. The molecule has 4 atom stereocenters. The van der Waals surface area contributed by atoms with Gasteiger partial charge in [0.25, 0.3) is 0 Å². The number of hydrogen-bond acceptors (Lipinski definition) is 3. The second-order valence-corrected chi connectivity index (χ2v) is 3.19. The Hall–Kier alpha value is -0.120. The molecule has 0 aliphatic heterocycles. The molecule has 0 aromatic rings. The van der Waals surface area contributed by atoms with Crippen LogP contribution in [0, 0.1) is 5.92 Å². The molecule has 4 N–H and O–H groups in total. The average molecular weight is 145 g/mol. The van der Waals surface area contributed by atoms with Gasteiger partial charge in [-0.3, -0.25) is 0 Å². The van der Waals surface area contributed by atoms with Crippen molar-refractivity contribution in [3.8, 4) is 0 Å². The number of hydrogen-bond donors (Lipinski definition) is 3. The van der Waals surface area contributed by atoms with Crippen LogP contribution >= 0.6 is 0 Å². The van der Waals surface area contributed by atoms with E-state index < -0.39 is 12.2 Å². The van der Waals surface area contributed by atoms with Crippen molar-refractivity contribution < 1.29 is 10.2 Å². The molecule has 3 nitrogen and oxygen atoms in total. The second-order valence-electron chi connectivity index (χ2n) is 3.19. The Morgan fingerprint density at radius 1 is 1.30 bits per heavy atom. The van der Waals surface area contributed by atoms with E-state index in [9.17, 15) is 5.11 Å². The first kappa shape index (κ1) is 7.98. The summed E-state index contributed by atoms with van der Waals surface area (Å²) in [7, 11) is 0. The number of nitrogens with two attached hydrogens (primary N) is 1. The van der Waals surface area contributed by atoms with E-state index in [1.165, 1.54) is 0 Å². The summed E-state index contributed by atoms with van der Waals surface area (Å²) in [6, 6.07) is -0.247. The van der Waals surface area contributed by atoms with Crippen molar-refractivity contribution in [1.29, 1.82) is 0 Å². The zero-order valence-corrected chi connectivity index (χ0v) is 6.20. The van der Waals surface area contributed by atoms with Gasteiger partial charge in [0, 0.05) is 6.04 Å². The van der Waals surface area contributed by atoms with Crippen LogP contribution in [-0.4, -0.2) is 28.5 Å². The highest BCUT2D eigenvalue weighted by Crippen LogP contribution is 2.22. The van der Waals surface area contributed by atoms with Crippen LogP contribution in [0.25, 0.3) is 0 Å². The Kier molecular flexibility index (Phi) is 2.28. The standard InChI is InChI=1S/C7H15NO2/c1-4-2-3-5(9)7(10)6(4)8/h4-7,9-10H,2-3,8H2,1H3/t4?,5-,6-,7-/m0/s1. The molecule has 0 saturated heterocycles. The molecular weight excluding hydrogens is 130 g/mol. The molecule has 0 amide bonds. The van der Waals surface area contributed by atoms with Gasteiger partial charge in [0.1, 0.15) is 0 Å². The lowest BCUT2D eigenvalue weighted by Crippen LogP contribution is -2.50. The summed E-state index contributed by atoms with van der Waals surface area (Å²) in [5, 5.41) is 18.4. The van der Waals surface area contributed by atoms with Gasteiger partial charge in [0.05, 0.1) is 12.2 Å². The van der Waals surface area contributed by atoms with Gasteiger partial charge in [-0.1, -0.05) is 6.92 Å². The highest BCUT2D eigenvalue weighted by atomic mass is 16.3. The van der Waals surface area contributed by atoms with Gasteiger partial charge >= 0.3 is 0 Å². The Labute approximate surface area is 60.9 Å². The molecule has 1 saturated carbocycles. The van der Waals surface area contributed by atoms with Gasteiger partial charge in [-0.15, -0.1) is 0 Å². The first-order valence-electron chi connectivity index (χ1n) is 3.74. The lowest BCUT2D eigenvalue weighted by atomic mass is 9.83. The second kappa shape index (κ2) is 2.86. The molecule has 0 aromatic carbocycles. The minimum atomic E-state index is -0.719. The summed E-state index contributed by atoms with van der Waals surface area (Å²) in [6.45, 7) is 2.00. The van der Waals surface area contributed by atoms with E-state index in [0.29, 0.717) is 12.3 Å². The molecule has 1 rings (SSSR count). The summed E-state index contributed by atoms with van der Waals surface area (Å²) in [4.78, 5) is 0. The lowest BCUT2D eigenvalue weighted by Gasteiger charge is -2.33. The molecule has 0 radical (unpaired) electrons. The largest absolute Gasteiger partial charge is 0.390 e. The fourth-order valence-electron chi connectivity index (χ4n) is 1.39. The third-order valence-electron chi connectivity index (χ3n) is 2.36. The lowest BCUT2D eigenvalue weighted by molar-refractivity contribution is -0.0363. The van der Waals surface area contributed by atoms with Gasteiger partial charge in [0.15, 0.2) is 0 Å². The first-order valence-corrected chi connectivity index (χ1v) is 3.74. The van der Waals surface area contributed by atoms with Crippen LogP contribution in [-0.2, 0) is 0 Å². The highest BCUT2D eigenvalue weighted by molar-refractivity contribution is 4.87. The Morgan fingerprint density at radius 2 is 1.90 bits per heavy atom. The molecule has 0 bridgehead atoms. The van der Waals surface area contributed by atoms with E-state index in [-0.39, 0.29) is 6.04 Å². The fraction of sp³-hybridized carbons (Fsp3) is 1.00. The van der Waals surface area contributed by atoms with Crippen LogP contribution in [0.2, 0.25) is 0 Å². The molecule has 0 aromatic heterocycles. The average Bonchev–Trinajstić information content (AvgIpc) is 1.93. The normalized spacial score (nSPS) is 49.2. The molecule has 0 spiro atoms. The predicted octanol–water partition coefficient (Wildman–Crippen LogP) is -0.535. The Bertz CT molecular complexity index is 104. The van der Waals surface area contributed by atoms with Crippen LogP contribution in [0.4, 0.5) is 0 Å². The fourth-order valence-corrected chi connectivity index (χ4v) is 1.39. The molecule has 60 valence electrons. The molecule has 1 aliphatic carbocycles. The SMILES string of the molecule is CC1CC[C@H](O)[C@H](O)[C@H]1N. The van der Waals surface area contributed by atoms with E-state index in [0.717, 1.165) is 6.42 Å². The van der Waals surface area contributed by atoms with Crippen molar-refractivity contribution in [1.82, 2.24) is 0 Å². The predicted molar refractivity (Wildman–Crippen MR) is 38.4 cm³/mol. The van der Waals surface area contributed by atoms with E-state index in [2.05, 4.69) is 0 Å². The molecule has 3 heteroatoms. The van der Waals surface area contributed by atoms with Gasteiger partial charge in [-0.25, -0.2) is 0 Å². The topological polar surface area (TPSA) is 66.5 Å². The minimum absolute atomic E-state index is 0.247. The van der Waals surface area contributed by atoms with Crippen molar-refractivity contribution in [2.24, 2.45) is 11.7 Å². The summed E-state index contributed by atoms with van der Waals surface area (Å²) < 4.78 is 0. The van der Waals surface area contributed by atoms with Crippen molar-refractivity contribution in [3.05, 3.63) is 0 Å². The quantitative estimate of drug-likeness (QED) is 0.429. The van der Waals surface area contributed by atoms with Crippen molar-refractivity contribution in [2.75, 3.05) is 0 Å². The third-order valence-corrected chi connectivity index (χ3v) is 2.36. The van der Waals surface area contributed by atoms with Gasteiger partial charge < -0.3 is 15.9 Å². The maximum atomic E-state index is 9.24. The van der Waals surface area contributed by atoms with Gasteiger partial charge in [0.2, 0.25) is 0 Å². The molecular formula is C7H15NO2. The zero-order chi connectivity index (χ0) is 7.72. The van der Waals surface area contributed by atoms with E-state index in [1.54, 1.807) is 0 Å². The summed E-state index contributed by atoms with van der Waals surface area (Å²) in [5.74, 6) is 0.332. The number of rotatable bonds is 0.